The monoisotopic (exact) mass is 574 g/mol. The third kappa shape index (κ3) is 7.17. The first-order chi connectivity index (χ1) is 15.7. The molecule has 8 heteroatoms. The van der Waals surface area contributed by atoms with Crippen LogP contribution in [0.5, 0.6) is 0 Å². The van der Waals surface area contributed by atoms with Gasteiger partial charge in [0.2, 0.25) is 0 Å². The molecule has 4 aromatic rings. The summed E-state index contributed by atoms with van der Waals surface area (Å²) in [6.45, 7) is 5.06. The maximum absolute atomic E-state index is 5.85. The van der Waals surface area contributed by atoms with Gasteiger partial charge in [-0.2, -0.15) is 0 Å². The fraction of sp³-hybridized carbons (Fsp3) is 0.240. The lowest BCUT2D eigenvalue weighted by atomic mass is 10.1. The van der Waals surface area contributed by atoms with Crippen molar-refractivity contribution in [1.82, 2.24) is 25.2 Å². The minimum Gasteiger partial charge on any atom is -0.357 e. The number of benzene rings is 2. The van der Waals surface area contributed by atoms with Crippen LogP contribution in [0.3, 0.4) is 0 Å². The Balaban J connectivity index is 0.00000306. The highest BCUT2D eigenvalue weighted by Gasteiger charge is 2.03. The van der Waals surface area contributed by atoms with Gasteiger partial charge in [-0.15, -0.1) is 24.0 Å². The number of hydrogen-bond acceptors (Lipinski definition) is 3. The van der Waals surface area contributed by atoms with Gasteiger partial charge in [0.15, 0.2) is 5.96 Å². The number of aliphatic imine (C=N–C) groups is 1. The topological polar surface area (TPSA) is 67.1 Å². The molecule has 0 atom stereocenters. The molecule has 0 bridgehead atoms. The minimum atomic E-state index is 0. The molecular formula is C25H28ClIN6. The normalized spacial score (nSPS) is 11.3. The predicted octanol–water partition coefficient (Wildman–Crippen LogP) is 5.05. The van der Waals surface area contributed by atoms with Crippen molar-refractivity contribution in [2.45, 2.75) is 26.4 Å². The fourth-order valence-corrected chi connectivity index (χ4v) is 3.59. The van der Waals surface area contributed by atoms with Gasteiger partial charge in [-0.25, -0.2) is 15.0 Å². The van der Waals surface area contributed by atoms with E-state index in [9.17, 15) is 0 Å². The molecule has 0 saturated carbocycles. The summed E-state index contributed by atoms with van der Waals surface area (Å²) in [4.78, 5) is 13.3. The number of aromatic nitrogens is 3. The molecule has 0 aliphatic heterocycles. The van der Waals surface area contributed by atoms with Crippen molar-refractivity contribution in [3.63, 3.8) is 0 Å². The summed E-state index contributed by atoms with van der Waals surface area (Å²) in [5, 5.41) is 7.19. The molecule has 6 nitrogen and oxygen atoms in total. The molecule has 0 unspecified atom stereocenters. The molecule has 0 amide bonds. The number of imidazole rings is 1. The molecule has 0 radical (unpaired) electrons. The Hall–Kier alpha value is -2.65. The van der Waals surface area contributed by atoms with Gasteiger partial charge in [0.1, 0.15) is 5.15 Å². The number of guanidine groups is 1. The van der Waals surface area contributed by atoms with E-state index in [1.807, 2.05) is 42.9 Å². The third-order valence-electron chi connectivity index (χ3n) is 5.16. The number of rotatable bonds is 8. The largest absolute Gasteiger partial charge is 0.357 e. The van der Waals surface area contributed by atoms with Crippen LogP contribution in [0.4, 0.5) is 0 Å². The van der Waals surface area contributed by atoms with Crippen molar-refractivity contribution in [2.24, 2.45) is 4.99 Å². The fourth-order valence-electron chi connectivity index (χ4n) is 3.47. The highest BCUT2D eigenvalue weighted by molar-refractivity contribution is 14.0. The van der Waals surface area contributed by atoms with Gasteiger partial charge in [-0.05, 0) is 48.2 Å². The van der Waals surface area contributed by atoms with Gasteiger partial charge in [-0.1, -0.05) is 54.1 Å². The van der Waals surface area contributed by atoms with E-state index in [2.05, 4.69) is 62.4 Å². The summed E-state index contributed by atoms with van der Waals surface area (Å²) in [6, 6.07) is 20.6. The highest BCUT2D eigenvalue weighted by Crippen LogP contribution is 2.15. The molecule has 2 heterocycles. The molecule has 0 saturated heterocycles. The zero-order valence-electron chi connectivity index (χ0n) is 18.5. The van der Waals surface area contributed by atoms with Crippen LogP contribution in [0.1, 0.15) is 23.6 Å². The molecule has 2 N–H and O–H groups in total. The Morgan fingerprint density at radius 1 is 0.939 bits per heavy atom. The van der Waals surface area contributed by atoms with E-state index < -0.39 is 0 Å². The average Bonchev–Trinajstić information content (AvgIpc) is 3.22. The summed E-state index contributed by atoms with van der Waals surface area (Å²) >= 11 is 5.85. The molecule has 0 spiro atoms. The van der Waals surface area contributed by atoms with Crippen molar-refractivity contribution in [3.05, 3.63) is 95.0 Å². The van der Waals surface area contributed by atoms with E-state index in [1.54, 1.807) is 0 Å². The number of nitrogens with zero attached hydrogens (tertiary/aromatic N) is 4. The van der Waals surface area contributed by atoms with Gasteiger partial charge >= 0.3 is 0 Å². The van der Waals surface area contributed by atoms with Crippen LogP contribution in [0.25, 0.3) is 11.0 Å². The van der Waals surface area contributed by atoms with E-state index in [0.29, 0.717) is 11.7 Å². The Morgan fingerprint density at radius 3 is 2.45 bits per heavy atom. The SMILES string of the molecule is CCNC(=NCc1ccc(Cn2cnc3ccccc32)cc1)NCCc1ccc(Cl)nc1.I. The second-order valence-electron chi connectivity index (χ2n) is 7.54. The van der Waals surface area contributed by atoms with Gasteiger partial charge < -0.3 is 15.2 Å². The number of hydrogen-bond donors (Lipinski definition) is 2. The number of nitrogens with one attached hydrogen (secondary N) is 2. The molecule has 0 fully saturated rings. The summed E-state index contributed by atoms with van der Waals surface area (Å²) < 4.78 is 2.17. The summed E-state index contributed by atoms with van der Waals surface area (Å²) in [5.41, 5.74) is 5.72. The quantitative estimate of drug-likeness (QED) is 0.134. The maximum Gasteiger partial charge on any atom is 0.191 e. The van der Waals surface area contributed by atoms with Gasteiger partial charge in [0, 0.05) is 25.8 Å². The van der Waals surface area contributed by atoms with Crippen molar-refractivity contribution < 1.29 is 0 Å². The Morgan fingerprint density at radius 2 is 1.70 bits per heavy atom. The molecular weight excluding hydrogens is 547 g/mol. The lowest BCUT2D eigenvalue weighted by Crippen LogP contribution is -2.38. The van der Waals surface area contributed by atoms with Gasteiger partial charge in [0.05, 0.1) is 23.9 Å². The highest BCUT2D eigenvalue weighted by atomic mass is 127. The first-order valence-electron chi connectivity index (χ1n) is 10.8. The second kappa shape index (κ2) is 12.6. The zero-order valence-corrected chi connectivity index (χ0v) is 21.6. The molecule has 33 heavy (non-hydrogen) atoms. The van der Waals surface area contributed by atoms with Crippen LogP contribution in [0.2, 0.25) is 5.15 Å². The lowest BCUT2D eigenvalue weighted by molar-refractivity contribution is 0.797. The molecule has 2 aromatic carbocycles. The van der Waals surface area contributed by atoms with Crippen LogP contribution in [0, 0.1) is 0 Å². The van der Waals surface area contributed by atoms with Crippen molar-refractivity contribution in [1.29, 1.82) is 0 Å². The van der Waals surface area contributed by atoms with Crippen LogP contribution >= 0.6 is 35.6 Å². The Kier molecular flexibility index (Phi) is 9.50. The van der Waals surface area contributed by atoms with E-state index in [1.165, 1.54) is 11.1 Å². The van der Waals surface area contributed by atoms with E-state index in [4.69, 9.17) is 16.6 Å². The molecule has 0 aliphatic carbocycles. The van der Waals surface area contributed by atoms with E-state index in [0.717, 1.165) is 48.6 Å². The number of pyridine rings is 1. The average molecular weight is 575 g/mol. The zero-order chi connectivity index (χ0) is 22.2. The lowest BCUT2D eigenvalue weighted by Gasteiger charge is -2.11. The number of fused-ring (bicyclic) bond motifs is 1. The van der Waals surface area contributed by atoms with Crippen LogP contribution in [0.15, 0.2) is 78.2 Å². The summed E-state index contributed by atoms with van der Waals surface area (Å²) in [6.07, 6.45) is 4.56. The predicted molar refractivity (Wildman–Crippen MR) is 146 cm³/mol. The minimum absolute atomic E-state index is 0. The van der Waals surface area contributed by atoms with Crippen LogP contribution in [-0.4, -0.2) is 33.6 Å². The van der Waals surface area contributed by atoms with Crippen molar-refractivity contribution >= 4 is 52.6 Å². The van der Waals surface area contributed by atoms with Crippen LogP contribution < -0.4 is 10.6 Å². The molecule has 172 valence electrons. The first kappa shape index (κ1) is 25.0. The second-order valence-corrected chi connectivity index (χ2v) is 7.93. The van der Waals surface area contributed by atoms with E-state index in [-0.39, 0.29) is 24.0 Å². The van der Waals surface area contributed by atoms with Crippen molar-refractivity contribution in [3.8, 4) is 0 Å². The summed E-state index contributed by atoms with van der Waals surface area (Å²) in [5.74, 6) is 0.809. The number of para-hydroxylation sites is 2. The maximum atomic E-state index is 5.85. The standard InChI is InChI=1S/C25H27ClN6.HI/c1-2-27-25(28-14-13-20-11-12-24(26)29-15-20)30-16-19-7-9-21(10-8-19)17-32-18-31-22-5-3-4-6-23(22)32;/h3-12,15,18H,2,13-14,16-17H2,1H3,(H2,27,28,30);1H. The van der Waals surface area contributed by atoms with Gasteiger partial charge in [-0.3, -0.25) is 0 Å². The van der Waals surface area contributed by atoms with Crippen LogP contribution in [-0.2, 0) is 19.5 Å². The molecule has 0 aliphatic rings. The van der Waals surface area contributed by atoms with Crippen molar-refractivity contribution in [2.75, 3.05) is 13.1 Å². The smallest absolute Gasteiger partial charge is 0.191 e. The van der Waals surface area contributed by atoms with E-state index >= 15 is 0 Å². The summed E-state index contributed by atoms with van der Waals surface area (Å²) in [7, 11) is 0. The third-order valence-corrected chi connectivity index (χ3v) is 5.39. The molecule has 2 aromatic heterocycles. The molecule has 4 rings (SSSR count). The Labute approximate surface area is 216 Å². The van der Waals surface area contributed by atoms with Gasteiger partial charge in [0.25, 0.3) is 0 Å². The number of halogens is 2. The first-order valence-corrected chi connectivity index (χ1v) is 11.2. The Bertz CT molecular complexity index is 1170.